The Balaban J connectivity index is 2.21. The van der Waals surface area contributed by atoms with Gasteiger partial charge in [-0.1, -0.05) is 23.7 Å². The highest BCUT2D eigenvalue weighted by molar-refractivity contribution is 6.34. The van der Waals surface area contributed by atoms with Gasteiger partial charge in [0.15, 0.2) is 0 Å². The summed E-state index contributed by atoms with van der Waals surface area (Å²) in [5.74, 6) is -0.729. The molecule has 1 amide bonds. The Labute approximate surface area is 155 Å². The number of carbonyl (C=O) groups is 1. The monoisotopic (exact) mass is 370 g/mol. The lowest BCUT2D eigenvalue weighted by molar-refractivity contribution is -0.384. The number of rotatable bonds is 5. The highest BCUT2D eigenvalue weighted by atomic mass is 35.5. The predicted octanol–water partition coefficient (Wildman–Crippen LogP) is 4.32. The zero-order chi connectivity index (χ0) is 19.3. The van der Waals surface area contributed by atoms with Crippen molar-refractivity contribution >= 4 is 34.6 Å². The first-order chi connectivity index (χ1) is 12.3. The van der Waals surface area contributed by atoms with Crippen molar-refractivity contribution in [3.63, 3.8) is 0 Å². The van der Waals surface area contributed by atoms with E-state index in [0.717, 1.165) is 22.9 Å². The van der Waals surface area contributed by atoms with Crippen molar-refractivity contribution in [3.05, 3.63) is 74.4 Å². The van der Waals surface area contributed by atoms with Crippen LogP contribution < -0.4 is 10.6 Å². The van der Waals surface area contributed by atoms with E-state index in [1.54, 1.807) is 6.07 Å². The number of hydrogen-bond acceptors (Lipinski definition) is 5. The Bertz CT molecular complexity index is 948. The number of carbonyl (C=O) groups excluding carboxylic acids is 1. The number of nitrogens with zero attached hydrogens (tertiary/aromatic N) is 2. The molecule has 0 saturated heterocycles. The third kappa shape index (κ3) is 4.37. The Morgan fingerprint density at radius 1 is 1.27 bits per heavy atom. The number of halogens is 1. The smallest absolute Gasteiger partial charge is 0.271 e. The molecule has 0 atom stereocenters. The van der Waals surface area contributed by atoms with Gasteiger partial charge in [0.05, 0.1) is 15.6 Å². The molecule has 0 saturated carbocycles. The second-order valence-corrected chi connectivity index (χ2v) is 5.84. The van der Waals surface area contributed by atoms with Crippen molar-refractivity contribution < 1.29 is 9.72 Å². The Morgan fingerprint density at radius 2 is 2.00 bits per heavy atom. The van der Waals surface area contributed by atoms with Gasteiger partial charge in [-0.05, 0) is 37.1 Å². The minimum Gasteiger partial charge on any atom is -0.360 e. The van der Waals surface area contributed by atoms with Gasteiger partial charge in [0.2, 0.25) is 0 Å². The van der Waals surface area contributed by atoms with Crippen molar-refractivity contribution in [1.29, 1.82) is 5.26 Å². The van der Waals surface area contributed by atoms with Gasteiger partial charge in [-0.2, -0.15) is 5.26 Å². The van der Waals surface area contributed by atoms with Crippen molar-refractivity contribution in [3.8, 4) is 6.07 Å². The molecular formula is C18H15ClN4O3. The molecule has 132 valence electrons. The number of hydrogen-bond donors (Lipinski definition) is 2. The fraction of sp³-hybridized carbons (Fsp3) is 0.111. The summed E-state index contributed by atoms with van der Waals surface area (Å²) < 4.78 is 0. The van der Waals surface area contributed by atoms with Crippen LogP contribution >= 0.6 is 11.6 Å². The van der Waals surface area contributed by atoms with Crippen LogP contribution in [-0.4, -0.2) is 10.8 Å². The minimum absolute atomic E-state index is 0.0544. The molecule has 0 aliphatic rings. The first kappa shape index (κ1) is 19.0. The third-order valence-electron chi connectivity index (χ3n) is 3.75. The molecule has 0 heterocycles. The summed E-state index contributed by atoms with van der Waals surface area (Å²) in [6, 6.07) is 11.1. The predicted molar refractivity (Wildman–Crippen MR) is 100.0 cm³/mol. The van der Waals surface area contributed by atoms with Crippen molar-refractivity contribution in [1.82, 2.24) is 0 Å². The summed E-state index contributed by atoms with van der Waals surface area (Å²) in [4.78, 5) is 22.5. The molecule has 2 aromatic rings. The lowest BCUT2D eigenvalue weighted by Crippen LogP contribution is -2.15. The van der Waals surface area contributed by atoms with E-state index in [4.69, 9.17) is 11.6 Å². The molecule has 0 aromatic heterocycles. The zero-order valence-corrected chi connectivity index (χ0v) is 14.8. The average Bonchev–Trinajstić information content (AvgIpc) is 2.60. The maximum absolute atomic E-state index is 12.3. The molecule has 26 heavy (non-hydrogen) atoms. The third-order valence-corrected chi connectivity index (χ3v) is 4.08. The molecule has 0 unspecified atom stereocenters. The highest BCUT2D eigenvalue weighted by Crippen LogP contribution is 2.27. The Hall–Kier alpha value is -3.37. The number of benzene rings is 2. The van der Waals surface area contributed by atoms with Crippen LogP contribution in [-0.2, 0) is 4.79 Å². The van der Waals surface area contributed by atoms with Crippen LogP contribution in [0.3, 0.4) is 0 Å². The van der Waals surface area contributed by atoms with Gasteiger partial charge in [-0.3, -0.25) is 14.9 Å². The molecule has 8 heteroatoms. The van der Waals surface area contributed by atoms with E-state index < -0.39 is 10.8 Å². The molecule has 0 spiro atoms. The van der Waals surface area contributed by atoms with E-state index >= 15 is 0 Å². The van der Waals surface area contributed by atoms with E-state index in [9.17, 15) is 20.2 Å². The number of aryl methyl sites for hydroxylation is 1. The number of anilines is 2. The molecule has 2 aromatic carbocycles. The fourth-order valence-corrected chi connectivity index (χ4v) is 2.28. The molecule has 0 bridgehead atoms. The first-order valence-corrected chi connectivity index (χ1v) is 7.89. The van der Waals surface area contributed by atoms with Gasteiger partial charge in [0.25, 0.3) is 11.6 Å². The van der Waals surface area contributed by atoms with E-state index in [0.29, 0.717) is 0 Å². The topological polar surface area (TPSA) is 108 Å². The Morgan fingerprint density at radius 3 is 2.65 bits per heavy atom. The summed E-state index contributed by atoms with van der Waals surface area (Å²) in [5.41, 5.74) is 2.45. The number of nitriles is 1. The maximum atomic E-state index is 12.3. The summed E-state index contributed by atoms with van der Waals surface area (Å²) in [6.07, 6.45) is 1.28. The summed E-state index contributed by atoms with van der Waals surface area (Å²) in [6.45, 7) is 3.87. The lowest BCUT2D eigenvalue weighted by Gasteiger charge is -2.09. The average molecular weight is 371 g/mol. The molecule has 0 aliphatic carbocycles. The van der Waals surface area contributed by atoms with Crippen molar-refractivity contribution in [2.24, 2.45) is 0 Å². The summed E-state index contributed by atoms with van der Waals surface area (Å²) in [7, 11) is 0. The number of amides is 1. The van der Waals surface area contributed by atoms with Crippen molar-refractivity contribution in [2.45, 2.75) is 13.8 Å². The molecule has 2 N–H and O–H groups in total. The van der Waals surface area contributed by atoms with Crippen LogP contribution in [0.25, 0.3) is 0 Å². The standard InChI is InChI=1S/C18H15ClN4O3/c1-11-4-3-5-16(12(11)2)21-10-13(9-20)18(24)22-17-8-14(23(25)26)6-7-15(17)19/h3-8,10,21H,1-2H3,(H,22,24)/b13-10-. The van der Waals surface area contributed by atoms with Gasteiger partial charge in [-0.25, -0.2) is 0 Å². The van der Waals surface area contributed by atoms with Crippen LogP contribution in [0.4, 0.5) is 17.1 Å². The molecule has 7 nitrogen and oxygen atoms in total. The first-order valence-electron chi connectivity index (χ1n) is 7.51. The van der Waals surface area contributed by atoms with Crippen LogP contribution in [0.1, 0.15) is 11.1 Å². The molecule has 2 rings (SSSR count). The van der Waals surface area contributed by atoms with Gasteiger partial charge < -0.3 is 10.6 Å². The number of nitro groups is 1. The van der Waals surface area contributed by atoms with E-state index in [2.05, 4.69) is 10.6 Å². The largest absolute Gasteiger partial charge is 0.360 e. The van der Waals surface area contributed by atoms with E-state index in [-0.39, 0.29) is 22.0 Å². The SMILES string of the molecule is Cc1cccc(N/C=C(/C#N)C(=O)Nc2cc([N+](=O)[O-])ccc2Cl)c1C. The highest BCUT2D eigenvalue weighted by Gasteiger charge is 2.15. The summed E-state index contributed by atoms with van der Waals surface area (Å²) >= 11 is 5.95. The molecule has 0 radical (unpaired) electrons. The second-order valence-electron chi connectivity index (χ2n) is 5.44. The number of nitro benzene ring substituents is 1. The Kier molecular flexibility index (Phi) is 5.94. The fourth-order valence-electron chi connectivity index (χ4n) is 2.12. The summed E-state index contributed by atoms with van der Waals surface area (Å²) in [5, 5.41) is 25.5. The second kappa shape index (κ2) is 8.14. The van der Waals surface area contributed by atoms with Crippen LogP contribution in [0.2, 0.25) is 5.02 Å². The number of nitrogens with one attached hydrogen (secondary N) is 2. The maximum Gasteiger partial charge on any atom is 0.271 e. The van der Waals surface area contributed by atoms with Gasteiger partial charge in [-0.15, -0.1) is 0 Å². The van der Waals surface area contributed by atoms with Crippen molar-refractivity contribution in [2.75, 3.05) is 10.6 Å². The molecule has 0 fully saturated rings. The molecular weight excluding hydrogens is 356 g/mol. The van der Waals surface area contributed by atoms with Crippen LogP contribution in [0.15, 0.2) is 48.2 Å². The zero-order valence-electron chi connectivity index (χ0n) is 14.0. The van der Waals surface area contributed by atoms with Gasteiger partial charge in [0.1, 0.15) is 11.6 Å². The van der Waals surface area contributed by atoms with Gasteiger partial charge >= 0.3 is 0 Å². The molecule has 0 aliphatic heterocycles. The number of non-ortho nitro benzene ring substituents is 1. The lowest BCUT2D eigenvalue weighted by atomic mass is 10.1. The van der Waals surface area contributed by atoms with Gasteiger partial charge in [0, 0.05) is 24.0 Å². The minimum atomic E-state index is -0.729. The normalized spacial score (nSPS) is 10.8. The van der Waals surface area contributed by atoms with E-state index in [1.807, 2.05) is 32.0 Å². The van der Waals surface area contributed by atoms with Crippen LogP contribution in [0.5, 0.6) is 0 Å². The van der Waals surface area contributed by atoms with Crippen LogP contribution in [0, 0.1) is 35.3 Å². The van der Waals surface area contributed by atoms with E-state index in [1.165, 1.54) is 18.3 Å². The quantitative estimate of drug-likeness (QED) is 0.352.